The van der Waals surface area contributed by atoms with E-state index in [2.05, 4.69) is 10.5 Å². The van der Waals surface area contributed by atoms with Crippen molar-refractivity contribution in [1.29, 1.82) is 0 Å². The number of aromatic hydroxyl groups is 1. The lowest BCUT2D eigenvalue weighted by molar-refractivity contribution is 0.406. The summed E-state index contributed by atoms with van der Waals surface area (Å²) in [6.45, 7) is 0. The fourth-order valence-electron chi connectivity index (χ4n) is 1.83. The molecular formula is C16H16N2O2S. The van der Waals surface area contributed by atoms with Crippen LogP contribution in [0.1, 0.15) is 11.1 Å². The van der Waals surface area contributed by atoms with Crippen molar-refractivity contribution in [3.8, 4) is 11.5 Å². The summed E-state index contributed by atoms with van der Waals surface area (Å²) in [5.41, 5.74) is 4.42. The van der Waals surface area contributed by atoms with Gasteiger partial charge in [-0.3, -0.25) is 5.43 Å². The fourth-order valence-corrected chi connectivity index (χ4v) is 2.05. The van der Waals surface area contributed by atoms with Crippen molar-refractivity contribution in [1.82, 2.24) is 5.43 Å². The molecule has 0 radical (unpaired) electrons. The van der Waals surface area contributed by atoms with E-state index < -0.39 is 0 Å². The van der Waals surface area contributed by atoms with E-state index in [1.165, 1.54) is 6.21 Å². The van der Waals surface area contributed by atoms with Gasteiger partial charge >= 0.3 is 0 Å². The summed E-state index contributed by atoms with van der Waals surface area (Å²) in [7, 11) is 1.54. The second-order valence-corrected chi connectivity index (χ2v) is 4.84. The van der Waals surface area contributed by atoms with E-state index in [1.54, 1.807) is 25.3 Å². The van der Waals surface area contributed by atoms with Gasteiger partial charge in [0, 0.05) is 6.42 Å². The Labute approximate surface area is 129 Å². The Morgan fingerprint density at radius 3 is 2.71 bits per heavy atom. The molecule has 0 atom stereocenters. The number of thiocarbonyl (C=S) groups is 1. The van der Waals surface area contributed by atoms with E-state index in [1.807, 2.05) is 30.3 Å². The largest absolute Gasteiger partial charge is 0.507 e. The average Bonchev–Trinajstić information content (AvgIpc) is 2.49. The zero-order valence-corrected chi connectivity index (χ0v) is 12.4. The maximum Gasteiger partial charge on any atom is 0.131 e. The number of hydrogen-bond donors (Lipinski definition) is 2. The smallest absolute Gasteiger partial charge is 0.131 e. The summed E-state index contributed by atoms with van der Waals surface area (Å²) in [4.78, 5) is 0.604. The SMILES string of the molecule is COc1cccc(O)c1/C=N/NC(=S)Cc1ccccc1. The van der Waals surface area contributed by atoms with Crippen LogP contribution in [0.5, 0.6) is 11.5 Å². The highest BCUT2D eigenvalue weighted by Gasteiger charge is 2.05. The van der Waals surface area contributed by atoms with E-state index in [4.69, 9.17) is 17.0 Å². The molecule has 0 spiro atoms. The molecule has 0 fully saturated rings. The molecule has 0 aliphatic carbocycles. The molecule has 21 heavy (non-hydrogen) atoms. The number of ether oxygens (including phenoxy) is 1. The second kappa shape index (κ2) is 7.40. The number of rotatable bonds is 5. The zero-order valence-electron chi connectivity index (χ0n) is 11.6. The first-order valence-electron chi connectivity index (χ1n) is 6.42. The molecule has 0 aromatic heterocycles. The molecule has 0 saturated heterocycles. The first-order chi connectivity index (χ1) is 10.2. The number of methoxy groups -OCH3 is 1. The monoisotopic (exact) mass is 300 g/mol. The lowest BCUT2D eigenvalue weighted by Crippen LogP contribution is -2.17. The van der Waals surface area contributed by atoms with Gasteiger partial charge in [-0.1, -0.05) is 48.6 Å². The van der Waals surface area contributed by atoms with Crippen molar-refractivity contribution in [2.45, 2.75) is 6.42 Å². The van der Waals surface area contributed by atoms with Gasteiger partial charge < -0.3 is 9.84 Å². The highest BCUT2D eigenvalue weighted by atomic mass is 32.1. The van der Waals surface area contributed by atoms with Crippen LogP contribution < -0.4 is 10.2 Å². The minimum absolute atomic E-state index is 0.105. The second-order valence-electron chi connectivity index (χ2n) is 4.35. The van der Waals surface area contributed by atoms with Gasteiger partial charge in [0.1, 0.15) is 16.5 Å². The highest BCUT2D eigenvalue weighted by molar-refractivity contribution is 7.80. The molecule has 2 aromatic carbocycles. The summed E-state index contributed by atoms with van der Waals surface area (Å²) in [5, 5.41) is 13.8. The topological polar surface area (TPSA) is 53.9 Å². The molecule has 2 aromatic rings. The molecule has 0 aliphatic rings. The van der Waals surface area contributed by atoms with Crippen LogP contribution in [0.25, 0.3) is 0 Å². The molecule has 0 amide bonds. The standard InChI is InChI=1S/C16H16N2O2S/c1-20-15-9-5-8-14(19)13(15)11-17-18-16(21)10-12-6-3-2-4-7-12/h2-9,11,19H,10H2,1H3,(H,18,21)/b17-11+. The van der Waals surface area contributed by atoms with Crippen LogP contribution in [-0.2, 0) is 6.42 Å². The molecule has 2 rings (SSSR count). The zero-order chi connectivity index (χ0) is 15.1. The quantitative estimate of drug-likeness (QED) is 0.506. The van der Waals surface area contributed by atoms with Crippen LogP contribution in [0.4, 0.5) is 0 Å². The average molecular weight is 300 g/mol. The number of hydrazone groups is 1. The molecular weight excluding hydrogens is 284 g/mol. The van der Waals surface area contributed by atoms with Crippen LogP contribution in [0.15, 0.2) is 53.6 Å². The van der Waals surface area contributed by atoms with Gasteiger partial charge in [-0.15, -0.1) is 0 Å². The molecule has 0 bridgehead atoms. The van der Waals surface area contributed by atoms with Gasteiger partial charge in [0.05, 0.1) is 18.9 Å². The number of hydrogen-bond acceptors (Lipinski definition) is 4. The summed E-state index contributed by atoms with van der Waals surface area (Å²) in [6.07, 6.45) is 2.11. The normalized spacial score (nSPS) is 10.5. The van der Waals surface area contributed by atoms with Crippen LogP contribution >= 0.6 is 12.2 Å². The molecule has 2 N–H and O–H groups in total. The van der Waals surface area contributed by atoms with Crippen molar-refractivity contribution < 1.29 is 9.84 Å². The first kappa shape index (κ1) is 15.0. The minimum atomic E-state index is 0.105. The summed E-state index contributed by atoms with van der Waals surface area (Å²) >= 11 is 5.23. The predicted molar refractivity (Wildman–Crippen MR) is 88.1 cm³/mol. The highest BCUT2D eigenvalue weighted by Crippen LogP contribution is 2.24. The van der Waals surface area contributed by atoms with Gasteiger partial charge in [-0.2, -0.15) is 5.10 Å². The van der Waals surface area contributed by atoms with E-state index in [0.717, 1.165) is 5.56 Å². The predicted octanol–water partition coefficient (Wildman–Crippen LogP) is 2.89. The molecule has 0 aliphatic heterocycles. The third-order valence-electron chi connectivity index (χ3n) is 2.85. The Kier molecular flexibility index (Phi) is 5.29. The summed E-state index contributed by atoms with van der Waals surface area (Å²) < 4.78 is 5.17. The maximum atomic E-state index is 9.79. The Morgan fingerprint density at radius 1 is 1.24 bits per heavy atom. The Hall–Kier alpha value is -2.40. The molecule has 0 heterocycles. The van der Waals surface area contributed by atoms with Crippen molar-refractivity contribution in [2.24, 2.45) is 5.10 Å². The molecule has 108 valence electrons. The van der Waals surface area contributed by atoms with Crippen LogP contribution in [0.3, 0.4) is 0 Å². The molecule has 5 heteroatoms. The number of phenolic OH excluding ortho intramolecular Hbond substituents is 1. The van der Waals surface area contributed by atoms with E-state index in [-0.39, 0.29) is 5.75 Å². The van der Waals surface area contributed by atoms with Crippen LogP contribution in [0.2, 0.25) is 0 Å². The number of nitrogens with zero attached hydrogens (tertiary/aromatic N) is 1. The first-order valence-corrected chi connectivity index (χ1v) is 6.83. The fraction of sp³-hybridized carbons (Fsp3) is 0.125. The number of phenols is 1. The Morgan fingerprint density at radius 2 is 2.00 bits per heavy atom. The molecule has 4 nitrogen and oxygen atoms in total. The van der Waals surface area contributed by atoms with Crippen molar-refractivity contribution in [2.75, 3.05) is 7.11 Å². The third kappa shape index (κ3) is 4.29. The van der Waals surface area contributed by atoms with Crippen molar-refractivity contribution in [3.05, 3.63) is 59.7 Å². The van der Waals surface area contributed by atoms with Crippen LogP contribution in [-0.4, -0.2) is 23.4 Å². The molecule has 0 saturated carbocycles. The number of nitrogens with one attached hydrogen (secondary N) is 1. The van der Waals surface area contributed by atoms with Crippen molar-refractivity contribution in [3.63, 3.8) is 0 Å². The minimum Gasteiger partial charge on any atom is -0.507 e. The molecule has 0 unspecified atom stereocenters. The lowest BCUT2D eigenvalue weighted by atomic mass is 10.1. The van der Waals surface area contributed by atoms with Gasteiger partial charge in [-0.25, -0.2) is 0 Å². The summed E-state index contributed by atoms with van der Waals surface area (Å²) in [5.74, 6) is 0.656. The van der Waals surface area contributed by atoms with Crippen LogP contribution in [0, 0.1) is 0 Å². The van der Waals surface area contributed by atoms with Gasteiger partial charge in [-0.05, 0) is 17.7 Å². The van der Waals surface area contributed by atoms with Gasteiger partial charge in [0.2, 0.25) is 0 Å². The number of benzene rings is 2. The van der Waals surface area contributed by atoms with Gasteiger partial charge in [0.25, 0.3) is 0 Å². The van der Waals surface area contributed by atoms with E-state index in [9.17, 15) is 5.11 Å². The summed E-state index contributed by atoms with van der Waals surface area (Å²) in [6, 6.07) is 14.9. The third-order valence-corrected chi connectivity index (χ3v) is 3.09. The Bertz CT molecular complexity index is 642. The van der Waals surface area contributed by atoms with Crippen molar-refractivity contribution >= 4 is 23.4 Å². The lowest BCUT2D eigenvalue weighted by Gasteiger charge is -2.06. The van der Waals surface area contributed by atoms with E-state index >= 15 is 0 Å². The van der Waals surface area contributed by atoms with E-state index in [0.29, 0.717) is 22.7 Å². The Balaban J connectivity index is 1.98. The van der Waals surface area contributed by atoms with Gasteiger partial charge in [0.15, 0.2) is 0 Å². The maximum absolute atomic E-state index is 9.79.